The molecule has 3 aromatic carbocycles. The summed E-state index contributed by atoms with van der Waals surface area (Å²) in [6.07, 6.45) is 2.17. The maximum absolute atomic E-state index is 10.0. The molecule has 0 saturated heterocycles. The summed E-state index contributed by atoms with van der Waals surface area (Å²) in [4.78, 5) is 2.43. The van der Waals surface area contributed by atoms with E-state index in [-0.39, 0.29) is 5.75 Å². The van der Waals surface area contributed by atoms with E-state index in [0.717, 1.165) is 60.5 Å². The third-order valence-corrected chi connectivity index (χ3v) is 5.96. The number of hydrogen-bond donors (Lipinski definition) is 1. The molecule has 0 saturated carbocycles. The molecule has 0 atom stereocenters. The molecule has 168 valence electrons. The molecule has 1 N–H and O–H groups in total. The van der Waals surface area contributed by atoms with Crippen molar-refractivity contribution in [3.8, 4) is 11.5 Å². The van der Waals surface area contributed by atoms with Crippen molar-refractivity contribution in [2.24, 2.45) is 0 Å². The minimum absolute atomic E-state index is 0.210. The third kappa shape index (κ3) is 6.62. The number of hydrogen-bond acceptors (Lipinski definition) is 3. The van der Waals surface area contributed by atoms with Crippen molar-refractivity contribution in [3.05, 3.63) is 95.6 Å². The van der Waals surface area contributed by atoms with Gasteiger partial charge >= 0.3 is 0 Å². The molecule has 3 rings (SSSR count). The number of ether oxygens (including phenoxy) is 1. The van der Waals surface area contributed by atoms with Gasteiger partial charge in [0.15, 0.2) is 0 Å². The summed E-state index contributed by atoms with van der Waals surface area (Å²) in [7, 11) is 0. The Morgan fingerprint density at radius 2 is 1.50 bits per heavy atom. The van der Waals surface area contributed by atoms with Gasteiger partial charge in [0, 0.05) is 5.57 Å². The SMILES string of the molecule is CCN(CC)CCCCOc1ccc(/C(=C(/Cl)c2ccccc2)c2cccc(O)c2)cc1. The zero-order valence-corrected chi connectivity index (χ0v) is 19.7. The Morgan fingerprint density at radius 1 is 0.812 bits per heavy atom. The highest BCUT2D eigenvalue weighted by Crippen LogP contribution is 2.36. The molecule has 0 amide bonds. The Balaban J connectivity index is 1.75. The predicted octanol–water partition coefficient (Wildman–Crippen LogP) is 7.05. The molecule has 0 bridgehead atoms. The van der Waals surface area contributed by atoms with Gasteiger partial charge in [-0.1, -0.05) is 80.0 Å². The van der Waals surface area contributed by atoms with Gasteiger partial charge in [0.2, 0.25) is 0 Å². The fourth-order valence-electron chi connectivity index (χ4n) is 3.70. The maximum atomic E-state index is 10.0. The van der Waals surface area contributed by atoms with Crippen molar-refractivity contribution >= 4 is 22.2 Å². The Morgan fingerprint density at radius 3 is 2.16 bits per heavy atom. The van der Waals surface area contributed by atoms with E-state index in [9.17, 15) is 5.11 Å². The number of halogens is 1. The Bertz CT molecular complexity index is 995. The molecule has 0 aliphatic heterocycles. The molecule has 0 heterocycles. The van der Waals surface area contributed by atoms with E-state index in [2.05, 4.69) is 18.7 Å². The zero-order chi connectivity index (χ0) is 22.8. The van der Waals surface area contributed by atoms with Gasteiger partial charge in [-0.25, -0.2) is 0 Å². The Kier molecular flexibility index (Phi) is 9.21. The van der Waals surface area contributed by atoms with Crippen LogP contribution in [0.25, 0.3) is 10.6 Å². The molecule has 3 nitrogen and oxygen atoms in total. The summed E-state index contributed by atoms with van der Waals surface area (Å²) in [5.74, 6) is 1.06. The molecule has 32 heavy (non-hydrogen) atoms. The minimum atomic E-state index is 0.210. The fraction of sp³-hybridized carbons (Fsp3) is 0.286. The normalized spacial score (nSPS) is 12.0. The number of phenols is 1. The van der Waals surface area contributed by atoms with Crippen LogP contribution in [0.3, 0.4) is 0 Å². The van der Waals surface area contributed by atoms with Crippen LogP contribution in [-0.2, 0) is 0 Å². The van der Waals surface area contributed by atoms with Crippen molar-refractivity contribution in [1.82, 2.24) is 4.90 Å². The van der Waals surface area contributed by atoms with Crippen LogP contribution in [0.4, 0.5) is 0 Å². The van der Waals surface area contributed by atoms with E-state index >= 15 is 0 Å². The van der Waals surface area contributed by atoms with E-state index in [1.54, 1.807) is 12.1 Å². The number of aromatic hydroxyl groups is 1. The molecule has 0 spiro atoms. The van der Waals surface area contributed by atoms with Gasteiger partial charge in [0.1, 0.15) is 11.5 Å². The molecule has 0 fully saturated rings. The first kappa shape index (κ1) is 23.9. The van der Waals surface area contributed by atoms with Crippen molar-refractivity contribution in [3.63, 3.8) is 0 Å². The first-order chi connectivity index (χ1) is 15.6. The van der Waals surface area contributed by atoms with Gasteiger partial charge in [-0.3, -0.25) is 0 Å². The highest BCUT2D eigenvalue weighted by atomic mass is 35.5. The van der Waals surface area contributed by atoms with Crippen molar-refractivity contribution in [2.75, 3.05) is 26.2 Å². The largest absolute Gasteiger partial charge is 0.508 e. The molecular weight excluding hydrogens is 418 g/mol. The quantitative estimate of drug-likeness (QED) is 0.251. The van der Waals surface area contributed by atoms with Crippen LogP contribution in [-0.4, -0.2) is 36.2 Å². The summed E-state index contributed by atoms with van der Waals surface area (Å²) in [6.45, 7) is 8.42. The molecule has 0 radical (unpaired) electrons. The van der Waals surface area contributed by atoms with E-state index < -0.39 is 0 Å². The highest BCUT2D eigenvalue weighted by molar-refractivity contribution is 6.53. The second-order valence-electron chi connectivity index (χ2n) is 7.71. The molecule has 0 aliphatic carbocycles. The van der Waals surface area contributed by atoms with Crippen LogP contribution in [0.15, 0.2) is 78.9 Å². The van der Waals surface area contributed by atoms with Crippen LogP contribution in [0.5, 0.6) is 11.5 Å². The molecule has 0 aromatic heterocycles. The topological polar surface area (TPSA) is 32.7 Å². The van der Waals surface area contributed by atoms with Crippen molar-refractivity contribution < 1.29 is 9.84 Å². The first-order valence-corrected chi connectivity index (χ1v) is 11.7. The van der Waals surface area contributed by atoms with Crippen molar-refractivity contribution in [2.45, 2.75) is 26.7 Å². The number of rotatable bonds is 11. The highest BCUT2D eigenvalue weighted by Gasteiger charge is 2.13. The van der Waals surface area contributed by atoms with Gasteiger partial charge < -0.3 is 14.7 Å². The van der Waals surface area contributed by atoms with E-state index in [1.807, 2.05) is 66.7 Å². The standard InChI is InChI=1S/C28H32ClNO2/c1-3-30(4-2)19-8-9-20-32-26-17-15-22(16-18-26)27(24-13-10-14-25(31)21-24)28(29)23-11-6-5-7-12-23/h5-7,10-18,21,31H,3-4,8-9,19-20H2,1-2H3/b28-27-. The van der Waals surface area contributed by atoms with Gasteiger partial charge in [-0.15, -0.1) is 0 Å². The Hall–Kier alpha value is -2.75. The summed E-state index contributed by atoms with van der Waals surface area (Å²) in [6, 6.07) is 25.1. The van der Waals surface area contributed by atoms with Crippen LogP contribution in [0, 0.1) is 0 Å². The number of phenolic OH excluding ortho intramolecular Hbond substituents is 1. The third-order valence-electron chi connectivity index (χ3n) is 5.56. The van der Waals surface area contributed by atoms with E-state index in [0.29, 0.717) is 11.6 Å². The van der Waals surface area contributed by atoms with Gasteiger partial charge in [-0.2, -0.15) is 0 Å². The molecular formula is C28H32ClNO2. The van der Waals surface area contributed by atoms with Crippen molar-refractivity contribution in [1.29, 1.82) is 0 Å². The van der Waals surface area contributed by atoms with Crippen LogP contribution >= 0.6 is 11.6 Å². The first-order valence-electron chi connectivity index (χ1n) is 11.3. The summed E-state index contributed by atoms with van der Waals surface area (Å²) < 4.78 is 5.95. The summed E-state index contributed by atoms with van der Waals surface area (Å²) in [5, 5.41) is 10.7. The summed E-state index contributed by atoms with van der Waals surface area (Å²) in [5.41, 5.74) is 3.64. The average Bonchev–Trinajstić information content (AvgIpc) is 2.83. The van der Waals surface area contributed by atoms with Gasteiger partial charge in [-0.05, 0) is 73.4 Å². The molecule has 4 heteroatoms. The zero-order valence-electron chi connectivity index (χ0n) is 18.9. The second-order valence-corrected chi connectivity index (χ2v) is 8.09. The lowest BCUT2D eigenvalue weighted by molar-refractivity contribution is 0.266. The van der Waals surface area contributed by atoms with Gasteiger partial charge in [0.05, 0.1) is 11.6 Å². The smallest absolute Gasteiger partial charge is 0.119 e. The van der Waals surface area contributed by atoms with Crippen LogP contribution in [0.1, 0.15) is 43.4 Å². The lowest BCUT2D eigenvalue weighted by Crippen LogP contribution is -2.24. The number of nitrogens with zero attached hydrogens (tertiary/aromatic N) is 1. The van der Waals surface area contributed by atoms with E-state index in [1.165, 1.54) is 0 Å². The lowest BCUT2D eigenvalue weighted by Gasteiger charge is -2.17. The lowest BCUT2D eigenvalue weighted by atomic mass is 9.95. The predicted molar refractivity (Wildman–Crippen MR) is 135 cm³/mol. The molecule has 0 aliphatic rings. The monoisotopic (exact) mass is 449 g/mol. The molecule has 3 aromatic rings. The second kappa shape index (κ2) is 12.3. The van der Waals surface area contributed by atoms with Crippen LogP contribution < -0.4 is 4.74 Å². The number of unbranched alkanes of at least 4 members (excludes halogenated alkanes) is 1. The van der Waals surface area contributed by atoms with Crippen LogP contribution in [0.2, 0.25) is 0 Å². The van der Waals surface area contributed by atoms with E-state index in [4.69, 9.17) is 16.3 Å². The average molecular weight is 450 g/mol. The fourth-order valence-corrected chi connectivity index (χ4v) is 4.04. The maximum Gasteiger partial charge on any atom is 0.119 e. The summed E-state index contributed by atoms with van der Waals surface area (Å²) >= 11 is 6.86. The minimum Gasteiger partial charge on any atom is -0.508 e. The number of benzene rings is 3. The van der Waals surface area contributed by atoms with Gasteiger partial charge in [0.25, 0.3) is 0 Å². The Labute approximate surface area is 196 Å². The molecule has 0 unspecified atom stereocenters.